The highest BCUT2D eigenvalue weighted by Gasteiger charge is 2.29. The average Bonchev–Trinajstić information content (AvgIpc) is 3.20. The van der Waals surface area contributed by atoms with Gasteiger partial charge in [-0.3, -0.25) is 9.59 Å². The summed E-state index contributed by atoms with van der Waals surface area (Å²) >= 11 is 0. The Morgan fingerprint density at radius 3 is 1.74 bits per heavy atom. The number of hydrogen-bond acceptors (Lipinski definition) is 11. The maximum atomic E-state index is 14.2. The second kappa shape index (κ2) is 19.4. The van der Waals surface area contributed by atoms with Crippen molar-refractivity contribution < 1.29 is 18.6 Å². The van der Waals surface area contributed by atoms with Crippen molar-refractivity contribution in [1.82, 2.24) is 13.4 Å². The van der Waals surface area contributed by atoms with E-state index in [1.165, 1.54) is 62.4 Å². The molecule has 0 aliphatic rings. The van der Waals surface area contributed by atoms with Gasteiger partial charge in [-0.2, -0.15) is 19.9 Å². The third kappa shape index (κ3) is 9.44. The molecule has 2 atom stereocenters. The highest BCUT2D eigenvalue weighted by atomic mass is 32.2. The van der Waals surface area contributed by atoms with Gasteiger partial charge in [-0.25, -0.2) is 17.6 Å². The minimum absolute atomic E-state index is 0.00831. The number of unbranched alkanes of at least 4 members (excludes halogenated alkanes) is 2. The number of pyridine rings is 2. The van der Waals surface area contributed by atoms with E-state index in [1.807, 2.05) is 6.07 Å². The van der Waals surface area contributed by atoms with Crippen LogP contribution in [0.25, 0.3) is 11.4 Å². The number of aromatic nitrogens is 2. The highest BCUT2D eigenvalue weighted by Crippen LogP contribution is 2.35. The molecule has 15 heteroatoms. The fourth-order valence-corrected chi connectivity index (χ4v) is 8.40. The van der Waals surface area contributed by atoms with Gasteiger partial charge in [0.15, 0.2) is 5.69 Å². The standard InChI is InChI=1S/C42H52N8O6S/c1-7-11-14-29(9-3)25-48(26-30(10-4)15-12-8-2)57(55,56)34-20-18-31(19-21-34)46-47-38-28(6)36(24-44)40(52)50(42(38)54)33-17-13-16-32(22-33)49-39(51)35(23-43)27(5)37(45)41(49)53/h13,16-22,29-30,53-54H,7-12,14-15,25-26,45H2,1-6H3/b47-46+. The van der Waals surface area contributed by atoms with Crippen LogP contribution in [0.3, 0.4) is 0 Å². The van der Waals surface area contributed by atoms with Gasteiger partial charge >= 0.3 is 0 Å². The third-order valence-corrected chi connectivity index (χ3v) is 12.4. The van der Waals surface area contributed by atoms with Crippen LogP contribution in [0.5, 0.6) is 11.8 Å². The lowest BCUT2D eigenvalue weighted by Gasteiger charge is -2.30. The molecule has 0 aliphatic carbocycles. The van der Waals surface area contributed by atoms with Crippen molar-refractivity contribution in [3.05, 3.63) is 91.5 Å². The van der Waals surface area contributed by atoms with Crippen molar-refractivity contribution in [3.8, 4) is 35.3 Å². The molecule has 2 heterocycles. The molecule has 0 bridgehead atoms. The molecule has 14 nitrogen and oxygen atoms in total. The number of nitrogen functional groups attached to an aromatic ring is 1. The van der Waals surface area contributed by atoms with Crippen molar-refractivity contribution in [2.24, 2.45) is 22.1 Å². The second-order valence-electron chi connectivity index (χ2n) is 14.3. The van der Waals surface area contributed by atoms with Crippen LogP contribution in [0.4, 0.5) is 17.1 Å². The summed E-state index contributed by atoms with van der Waals surface area (Å²) in [6.07, 6.45) is 7.82. The van der Waals surface area contributed by atoms with E-state index >= 15 is 0 Å². The van der Waals surface area contributed by atoms with E-state index in [0.717, 1.165) is 60.5 Å². The Bertz CT molecular complexity index is 2410. The Kier molecular flexibility index (Phi) is 15.0. The number of nitrogens with zero attached hydrogens (tertiary/aromatic N) is 7. The van der Waals surface area contributed by atoms with Gasteiger partial charge in [-0.05, 0) is 81.0 Å². The van der Waals surface area contributed by atoms with Crippen LogP contribution in [0, 0.1) is 48.3 Å². The summed E-state index contributed by atoms with van der Waals surface area (Å²) in [5.74, 6) is -0.817. The number of aromatic hydroxyl groups is 2. The molecule has 0 radical (unpaired) electrons. The molecule has 57 heavy (non-hydrogen) atoms. The van der Waals surface area contributed by atoms with Crippen LogP contribution in [-0.2, 0) is 10.0 Å². The van der Waals surface area contributed by atoms with Crippen molar-refractivity contribution in [2.45, 2.75) is 97.8 Å². The number of hydrogen-bond donors (Lipinski definition) is 3. The number of azo groups is 1. The van der Waals surface area contributed by atoms with Gasteiger partial charge in [0.05, 0.1) is 27.6 Å². The van der Waals surface area contributed by atoms with Crippen LogP contribution in [0.1, 0.15) is 101 Å². The molecule has 0 amide bonds. The number of anilines is 1. The largest absolute Gasteiger partial charge is 0.493 e. The lowest BCUT2D eigenvalue weighted by Crippen LogP contribution is -2.39. The van der Waals surface area contributed by atoms with Gasteiger partial charge in [0.1, 0.15) is 23.3 Å². The van der Waals surface area contributed by atoms with Gasteiger partial charge in [0.2, 0.25) is 21.8 Å². The molecule has 0 aliphatic heterocycles. The Morgan fingerprint density at radius 2 is 1.26 bits per heavy atom. The Balaban J connectivity index is 1.74. The fourth-order valence-electron chi connectivity index (χ4n) is 6.81. The Morgan fingerprint density at radius 1 is 0.772 bits per heavy atom. The van der Waals surface area contributed by atoms with Crippen LogP contribution < -0.4 is 16.9 Å². The Hall–Kier alpha value is -5.77. The summed E-state index contributed by atoms with van der Waals surface area (Å²) in [4.78, 5) is 26.9. The van der Waals surface area contributed by atoms with Gasteiger partial charge in [-0.15, -0.1) is 5.11 Å². The normalized spacial score (nSPS) is 12.8. The predicted molar refractivity (Wildman–Crippen MR) is 220 cm³/mol. The molecule has 0 spiro atoms. The van der Waals surface area contributed by atoms with Gasteiger partial charge < -0.3 is 15.9 Å². The SMILES string of the molecule is CCCCC(CC)CN(CC(CC)CCCC)S(=O)(=O)c1ccc(/N=N/c2c(C)c(C#N)c(=O)n(-c3cccc(-n4c(O)c(N)c(C)c(C#N)c4=O)c3)c2O)cc1. The van der Waals surface area contributed by atoms with Crippen LogP contribution >= 0.6 is 0 Å². The number of nitrogens with two attached hydrogens (primary N) is 1. The monoisotopic (exact) mass is 796 g/mol. The van der Waals surface area contributed by atoms with Gasteiger partial charge in [0.25, 0.3) is 11.1 Å². The van der Waals surface area contributed by atoms with Crippen molar-refractivity contribution in [2.75, 3.05) is 18.8 Å². The number of nitriles is 2. The molecular formula is C42H52N8O6S. The summed E-state index contributed by atoms with van der Waals surface area (Å²) in [5, 5.41) is 50.2. The van der Waals surface area contributed by atoms with Crippen LogP contribution in [0.15, 0.2) is 73.2 Å². The van der Waals surface area contributed by atoms with E-state index in [-0.39, 0.29) is 67.4 Å². The predicted octanol–water partition coefficient (Wildman–Crippen LogP) is 8.18. The molecule has 302 valence electrons. The summed E-state index contributed by atoms with van der Waals surface area (Å²) in [6, 6.07) is 15.2. The van der Waals surface area contributed by atoms with Crippen molar-refractivity contribution in [3.63, 3.8) is 0 Å². The van der Waals surface area contributed by atoms with Crippen LogP contribution in [0.2, 0.25) is 0 Å². The molecule has 4 N–H and O–H groups in total. The smallest absolute Gasteiger partial charge is 0.276 e. The van der Waals surface area contributed by atoms with Crippen molar-refractivity contribution in [1.29, 1.82) is 10.5 Å². The topological polar surface area (TPSA) is 220 Å². The molecule has 0 saturated carbocycles. The van der Waals surface area contributed by atoms with Crippen LogP contribution in [-0.4, -0.2) is 45.2 Å². The first-order chi connectivity index (χ1) is 27.2. The summed E-state index contributed by atoms with van der Waals surface area (Å²) < 4.78 is 31.6. The van der Waals surface area contributed by atoms with Gasteiger partial charge in [0, 0.05) is 24.2 Å². The zero-order valence-electron chi connectivity index (χ0n) is 33.5. The average molecular weight is 797 g/mol. The molecule has 0 saturated heterocycles. The number of sulfonamides is 1. The molecule has 2 unspecified atom stereocenters. The van der Waals surface area contributed by atoms with E-state index in [9.17, 15) is 38.7 Å². The fraction of sp³-hybridized carbons (Fsp3) is 0.429. The van der Waals surface area contributed by atoms with E-state index in [4.69, 9.17) is 5.73 Å². The minimum Gasteiger partial charge on any atom is -0.493 e. The van der Waals surface area contributed by atoms with E-state index in [0.29, 0.717) is 13.1 Å². The lowest BCUT2D eigenvalue weighted by atomic mass is 9.97. The first kappa shape index (κ1) is 44.0. The lowest BCUT2D eigenvalue weighted by molar-refractivity contribution is 0.270. The van der Waals surface area contributed by atoms with Gasteiger partial charge in [-0.1, -0.05) is 72.3 Å². The molecule has 4 aromatic rings. The first-order valence-electron chi connectivity index (χ1n) is 19.4. The van der Waals surface area contributed by atoms with E-state index in [2.05, 4.69) is 37.9 Å². The maximum Gasteiger partial charge on any atom is 0.276 e. The molecule has 2 aromatic carbocycles. The summed E-state index contributed by atoms with van der Waals surface area (Å²) in [7, 11) is -3.86. The quantitative estimate of drug-likeness (QED) is 0.0825. The minimum atomic E-state index is -3.86. The highest BCUT2D eigenvalue weighted by molar-refractivity contribution is 7.89. The summed E-state index contributed by atoms with van der Waals surface area (Å²) in [5.41, 5.74) is 3.63. The number of benzene rings is 2. The molecule has 4 rings (SSSR count). The van der Waals surface area contributed by atoms with Crippen molar-refractivity contribution >= 4 is 27.1 Å². The third-order valence-electron chi connectivity index (χ3n) is 10.5. The molecular weight excluding hydrogens is 745 g/mol. The summed E-state index contributed by atoms with van der Waals surface area (Å²) in [6.45, 7) is 12.2. The zero-order chi connectivity index (χ0) is 42.0. The molecule has 2 aromatic heterocycles. The second-order valence-corrected chi connectivity index (χ2v) is 16.2. The van der Waals surface area contributed by atoms with E-state index in [1.54, 1.807) is 10.4 Å². The Labute approximate surface area is 334 Å². The first-order valence-corrected chi connectivity index (χ1v) is 20.8. The maximum absolute atomic E-state index is 14.2. The number of rotatable bonds is 18. The zero-order valence-corrected chi connectivity index (χ0v) is 34.3. The molecule has 0 fully saturated rings. The van der Waals surface area contributed by atoms with E-state index < -0.39 is 32.9 Å².